The van der Waals surface area contributed by atoms with Crippen molar-refractivity contribution in [2.45, 2.75) is 26.9 Å². The molecule has 0 saturated carbocycles. The standard InChI is InChI=1S/C23H26IO6PS/c1-15(14-31(26)30-17-7-5-4-6-8-17)9-10-18-21(27-3)16(2)19-13-29-23(25)20(19)22(18)28-11-12-32-24/h4-9,26H,10-14H2,1-3H3/b15-9+. The van der Waals surface area contributed by atoms with E-state index in [1.807, 2.05) is 50.3 Å². The number of hydrogen-bond acceptors (Lipinski definition) is 7. The number of esters is 1. The smallest absolute Gasteiger partial charge is 0.342 e. The van der Waals surface area contributed by atoms with Gasteiger partial charge in [-0.05, 0) is 59.2 Å². The number of para-hydroxylation sites is 1. The van der Waals surface area contributed by atoms with Gasteiger partial charge in [0.1, 0.15) is 29.4 Å². The van der Waals surface area contributed by atoms with E-state index in [1.54, 1.807) is 16.0 Å². The topological polar surface area (TPSA) is 74.2 Å². The second-order valence-electron chi connectivity index (χ2n) is 7.23. The van der Waals surface area contributed by atoms with E-state index < -0.39 is 8.38 Å². The molecule has 172 valence electrons. The molecule has 6 nitrogen and oxygen atoms in total. The highest BCUT2D eigenvalue weighted by Gasteiger charge is 2.33. The minimum atomic E-state index is -1.63. The van der Waals surface area contributed by atoms with Crippen molar-refractivity contribution in [3.63, 3.8) is 0 Å². The molecule has 0 bridgehead atoms. The molecule has 0 saturated heterocycles. The molecule has 0 radical (unpaired) electrons. The average molecular weight is 588 g/mol. The number of allylic oxidation sites excluding steroid dienone is 2. The van der Waals surface area contributed by atoms with Crippen LogP contribution in [0.2, 0.25) is 0 Å². The van der Waals surface area contributed by atoms with Gasteiger partial charge in [0, 0.05) is 23.0 Å². The molecule has 1 atom stereocenters. The Balaban J connectivity index is 1.84. The van der Waals surface area contributed by atoms with Crippen LogP contribution < -0.4 is 14.0 Å². The highest BCUT2D eigenvalue weighted by atomic mass is 127. The zero-order valence-corrected chi connectivity index (χ0v) is 22.1. The lowest BCUT2D eigenvalue weighted by Crippen LogP contribution is -2.10. The summed E-state index contributed by atoms with van der Waals surface area (Å²) in [5.74, 6) is 2.31. The predicted octanol–water partition coefficient (Wildman–Crippen LogP) is 6.01. The number of benzene rings is 2. The maximum absolute atomic E-state index is 12.5. The monoisotopic (exact) mass is 588 g/mol. The summed E-state index contributed by atoms with van der Waals surface area (Å²) in [4.78, 5) is 22.8. The van der Waals surface area contributed by atoms with E-state index in [-0.39, 0.29) is 12.6 Å². The van der Waals surface area contributed by atoms with Crippen LogP contribution in [0.4, 0.5) is 0 Å². The lowest BCUT2D eigenvalue weighted by molar-refractivity contribution is 0.0532. The van der Waals surface area contributed by atoms with E-state index >= 15 is 0 Å². The number of ether oxygens (including phenoxy) is 3. The number of hydrogen-bond donors (Lipinski definition) is 1. The van der Waals surface area contributed by atoms with Gasteiger partial charge in [0.2, 0.25) is 8.38 Å². The van der Waals surface area contributed by atoms with Crippen molar-refractivity contribution < 1.29 is 28.4 Å². The summed E-state index contributed by atoms with van der Waals surface area (Å²) in [6.07, 6.45) is 2.93. The van der Waals surface area contributed by atoms with Crippen LogP contribution >= 0.6 is 38.5 Å². The third kappa shape index (κ3) is 6.10. The minimum absolute atomic E-state index is 0.231. The number of carbonyl (C=O) groups is 1. The van der Waals surface area contributed by atoms with Crippen molar-refractivity contribution in [2.75, 3.05) is 25.6 Å². The van der Waals surface area contributed by atoms with Crippen LogP contribution in [-0.2, 0) is 17.8 Å². The Bertz CT molecular complexity index is 982. The summed E-state index contributed by atoms with van der Waals surface area (Å²) in [7, 11) is 1.63. The number of halogens is 1. The number of carbonyl (C=O) groups excluding carboxylic acids is 1. The second kappa shape index (κ2) is 12.1. The fraction of sp³-hybridized carbons (Fsp3) is 0.348. The quantitative estimate of drug-likeness (QED) is 0.113. The van der Waals surface area contributed by atoms with Gasteiger partial charge in [0.25, 0.3) is 0 Å². The van der Waals surface area contributed by atoms with Crippen LogP contribution in [-0.4, -0.2) is 36.5 Å². The summed E-state index contributed by atoms with van der Waals surface area (Å²) in [5.41, 5.74) is 4.00. The molecule has 3 rings (SSSR count). The summed E-state index contributed by atoms with van der Waals surface area (Å²) in [5, 5.41) is 0. The van der Waals surface area contributed by atoms with Gasteiger partial charge in [0.05, 0.1) is 13.7 Å². The first kappa shape index (κ1) is 25.1. The van der Waals surface area contributed by atoms with Gasteiger partial charge in [-0.2, -0.15) is 0 Å². The fourth-order valence-corrected chi connectivity index (χ4v) is 5.20. The second-order valence-corrected chi connectivity index (χ2v) is 10.9. The van der Waals surface area contributed by atoms with Gasteiger partial charge in [0.15, 0.2) is 0 Å². The summed E-state index contributed by atoms with van der Waals surface area (Å²) in [6.45, 7) is 4.59. The van der Waals surface area contributed by atoms with E-state index in [0.29, 0.717) is 42.0 Å². The minimum Gasteiger partial charge on any atom is -0.496 e. The summed E-state index contributed by atoms with van der Waals surface area (Å²) < 4.78 is 22.7. The molecule has 0 amide bonds. The van der Waals surface area contributed by atoms with Gasteiger partial charge in [-0.15, -0.1) is 0 Å². The zero-order valence-electron chi connectivity index (χ0n) is 18.2. The Morgan fingerprint density at radius 2 is 2.06 bits per heavy atom. The molecular formula is C23H26IO6PS. The van der Waals surface area contributed by atoms with Gasteiger partial charge in [-0.3, -0.25) is 0 Å². The van der Waals surface area contributed by atoms with Gasteiger partial charge < -0.3 is 23.6 Å². The Morgan fingerprint density at radius 3 is 2.75 bits per heavy atom. The molecule has 1 N–H and O–H groups in total. The lowest BCUT2D eigenvalue weighted by Gasteiger charge is -2.19. The van der Waals surface area contributed by atoms with Gasteiger partial charge in [-0.25, -0.2) is 4.79 Å². The summed E-state index contributed by atoms with van der Waals surface area (Å²) >= 11 is 2.22. The van der Waals surface area contributed by atoms with Crippen molar-refractivity contribution in [2.24, 2.45) is 0 Å². The summed E-state index contributed by atoms with van der Waals surface area (Å²) in [6, 6.07) is 9.27. The first-order valence-electron chi connectivity index (χ1n) is 10.1. The van der Waals surface area contributed by atoms with Crippen LogP contribution in [0, 0.1) is 6.92 Å². The van der Waals surface area contributed by atoms with Gasteiger partial charge in [-0.1, -0.05) is 38.8 Å². The normalized spacial score (nSPS) is 14.0. The number of rotatable bonds is 11. The molecule has 0 aliphatic carbocycles. The van der Waals surface area contributed by atoms with Crippen LogP contribution in [0.3, 0.4) is 0 Å². The first-order valence-corrected chi connectivity index (χ1v) is 15.0. The molecule has 2 aromatic carbocycles. The molecular weight excluding hydrogens is 562 g/mol. The van der Waals surface area contributed by atoms with Gasteiger partial charge >= 0.3 is 5.97 Å². The fourth-order valence-electron chi connectivity index (χ4n) is 3.53. The molecule has 0 spiro atoms. The Hall–Kier alpha value is -1.48. The van der Waals surface area contributed by atoms with Crippen molar-refractivity contribution in [3.8, 4) is 17.2 Å². The number of cyclic esters (lactones) is 1. The molecule has 0 fully saturated rings. The van der Waals surface area contributed by atoms with E-state index in [0.717, 1.165) is 28.0 Å². The van der Waals surface area contributed by atoms with Crippen molar-refractivity contribution in [1.82, 2.24) is 0 Å². The highest BCUT2D eigenvalue weighted by Crippen LogP contribution is 2.43. The Labute approximate surface area is 206 Å². The average Bonchev–Trinajstić information content (AvgIpc) is 3.16. The van der Waals surface area contributed by atoms with E-state index in [2.05, 4.69) is 21.2 Å². The van der Waals surface area contributed by atoms with Crippen molar-refractivity contribution in [3.05, 3.63) is 64.2 Å². The molecule has 1 unspecified atom stereocenters. The lowest BCUT2D eigenvalue weighted by atomic mass is 9.95. The van der Waals surface area contributed by atoms with Crippen LogP contribution in [0.15, 0.2) is 42.0 Å². The molecule has 0 aromatic heterocycles. The number of methoxy groups -OCH3 is 1. The highest BCUT2D eigenvalue weighted by molar-refractivity contribution is 14.2. The zero-order chi connectivity index (χ0) is 23.1. The molecule has 1 aliphatic rings. The Kier molecular flexibility index (Phi) is 9.52. The first-order chi connectivity index (χ1) is 15.5. The third-order valence-corrected chi connectivity index (χ3v) is 7.86. The molecule has 32 heavy (non-hydrogen) atoms. The predicted molar refractivity (Wildman–Crippen MR) is 137 cm³/mol. The molecule has 9 heteroatoms. The number of fused-ring (bicyclic) bond motifs is 1. The molecule has 1 aliphatic heterocycles. The van der Waals surface area contributed by atoms with Crippen LogP contribution in [0.25, 0.3) is 0 Å². The van der Waals surface area contributed by atoms with E-state index in [4.69, 9.17) is 18.7 Å². The maximum Gasteiger partial charge on any atom is 0.342 e. The van der Waals surface area contributed by atoms with E-state index in [1.165, 1.54) is 0 Å². The largest absolute Gasteiger partial charge is 0.496 e. The third-order valence-electron chi connectivity index (χ3n) is 5.03. The molecule has 2 aromatic rings. The van der Waals surface area contributed by atoms with E-state index in [9.17, 15) is 9.69 Å². The van der Waals surface area contributed by atoms with Crippen LogP contribution in [0.1, 0.15) is 34.0 Å². The van der Waals surface area contributed by atoms with Crippen molar-refractivity contribution in [1.29, 1.82) is 0 Å². The van der Waals surface area contributed by atoms with Crippen molar-refractivity contribution >= 4 is 44.5 Å². The van der Waals surface area contributed by atoms with Crippen LogP contribution in [0.5, 0.6) is 17.2 Å². The SMILES string of the molecule is COc1c(C)c2c(c(OCCSI)c1C/C=C(\C)CP(O)Oc1ccccc1)C(=O)OC2. The Morgan fingerprint density at radius 1 is 1.31 bits per heavy atom. The maximum atomic E-state index is 12.5. The molecule has 1 heterocycles.